The van der Waals surface area contributed by atoms with Crippen LogP contribution in [0.2, 0.25) is 5.02 Å². The lowest BCUT2D eigenvalue weighted by Gasteiger charge is -2.34. The Balaban J connectivity index is 1.66. The minimum Gasteiger partial charge on any atom is -0.335 e. The fourth-order valence-corrected chi connectivity index (χ4v) is 3.25. The molecule has 1 aromatic carbocycles. The Kier molecular flexibility index (Phi) is 5.30. The van der Waals surface area contributed by atoms with Gasteiger partial charge in [0.15, 0.2) is 0 Å². The van der Waals surface area contributed by atoms with Crippen molar-refractivity contribution in [3.05, 3.63) is 56.6 Å². The van der Waals surface area contributed by atoms with Gasteiger partial charge in [-0.1, -0.05) is 11.6 Å². The van der Waals surface area contributed by atoms with Gasteiger partial charge in [0.2, 0.25) is 0 Å². The number of hydrogen-bond donors (Lipinski definition) is 0. The predicted octanol–water partition coefficient (Wildman–Crippen LogP) is 2.33. The molecule has 2 heterocycles. The molecule has 8 heteroatoms. The first-order chi connectivity index (χ1) is 11.6. The average Bonchev–Trinajstić information content (AvgIpc) is 2.63. The molecule has 6 nitrogen and oxygen atoms in total. The van der Waals surface area contributed by atoms with E-state index in [1.54, 1.807) is 21.9 Å². The van der Waals surface area contributed by atoms with Gasteiger partial charge in [-0.15, -0.1) is 0 Å². The topological polar surface area (TPSA) is 66.4 Å². The Bertz CT molecular complexity index is 764. The number of aromatic nitrogens is 2. The van der Waals surface area contributed by atoms with Crippen LogP contribution in [0.15, 0.2) is 36.8 Å². The Morgan fingerprint density at radius 2 is 1.71 bits per heavy atom. The lowest BCUT2D eigenvalue weighted by molar-refractivity contribution is 0.0531. The molecular weight excluding hydrogens is 443 g/mol. The summed E-state index contributed by atoms with van der Waals surface area (Å²) < 4.78 is 0.861. The lowest BCUT2D eigenvalue weighted by Crippen LogP contribution is -2.50. The summed E-state index contributed by atoms with van der Waals surface area (Å²) in [7, 11) is 0. The summed E-state index contributed by atoms with van der Waals surface area (Å²) in [6, 6.07) is 5.27. The van der Waals surface area contributed by atoms with Crippen molar-refractivity contribution in [2.24, 2.45) is 0 Å². The number of amides is 2. The second-order valence-corrected chi connectivity index (χ2v) is 6.90. The molecule has 0 unspecified atom stereocenters. The molecule has 0 N–H and O–H groups in total. The quantitative estimate of drug-likeness (QED) is 0.651. The van der Waals surface area contributed by atoms with E-state index in [-0.39, 0.29) is 11.8 Å². The second kappa shape index (κ2) is 7.43. The van der Waals surface area contributed by atoms with Gasteiger partial charge in [-0.3, -0.25) is 14.6 Å². The van der Waals surface area contributed by atoms with Gasteiger partial charge in [0, 0.05) is 47.2 Å². The average molecular weight is 457 g/mol. The lowest BCUT2D eigenvalue weighted by atomic mass is 10.2. The van der Waals surface area contributed by atoms with Crippen LogP contribution in [0, 0.1) is 3.57 Å². The third kappa shape index (κ3) is 3.67. The van der Waals surface area contributed by atoms with Crippen molar-refractivity contribution < 1.29 is 9.59 Å². The van der Waals surface area contributed by atoms with E-state index >= 15 is 0 Å². The molecule has 0 bridgehead atoms. The number of rotatable bonds is 2. The Morgan fingerprint density at radius 1 is 1.04 bits per heavy atom. The number of hydrogen-bond acceptors (Lipinski definition) is 4. The molecule has 1 aromatic heterocycles. The fourth-order valence-electron chi connectivity index (χ4n) is 2.52. The molecule has 2 aromatic rings. The standard InChI is InChI=1S/C16H14ClIN4O2/c17-11-1-2-13(18)12(9-11)15(23)21-5-7-22(8-6-21)16(24)14-10-19-3-4-20-14/h1-4,9-10H,5-8H2. The predicted molar refractivity (Wildman–Crippen MR) is 98.0 cm³/mol. The van der Waals surface area contributed by atoms with Crippen molar-refractivity contribution in [2.45, 2.75) is 0 Å². The van der Waals surface area contributed by atoms with Crippen molar-refractivity contribution in [1.29, 1.82) is 0 Å². The van der Waals surface area contributed by atoms with Crippen molar-refractivity contribution in [2.75, 3.05) is 26.2 Å². The molecule has 0 atom stereocenters. The highest BCUT2D eigenvalue weighted by Gasteiger charge is 2.27. The van der Waals surface area contributed by atoms with Crippen LogP contribution in [0.3, 0.4) is 0 Å². The van der Waals surface area contributed by atoms with Crippen molar-refractivity contribution >= 4 is 46.0 Å². The second-order valence-electron chi connectivity index (χ2n) is 5.30. The summed E-state index contributed by atoms with van der Waals surface area (Å²) in [5.41, 5.74) is 0.915. The Hall–Kier alpha value is -1.74. The molecule has 0 saturated carbocycles. The zero-order chi connectivity index (χ0) is 17.1. The third-order valence-corrected chi connectivity index (χ3v) is 4.97. The molecule has 0 aliphatic carbocycles. The molecule has 3 rings (SSSR count). The molecule has 1 aliphatic rings. The molecule has 2 amide bonds. The minimum absolute atomic E-state index is 0.0616. The summed E-state index contributed by atoms with van der Waals surface area (Å²) >= 11 is 8.12. The Morgan fingerprint density at radius 3 is 2.33 bits per heavy atom. The summed E-state index contributed by atoms with van der Waals surface area (Å²) in [6.07, 6.45) is 4.47. The smallest absolute Gasteiger partial charge is 0.274 e. The van der Waals surface area contributed by atoms with Gasteiger partial charge in [0.1, 0.15) is 5.69 Å². The number of halogens is 2. The number of carbonyl (C=O) groups is 2. The number of benzene rings is 1. The number of piperazine rings is 1. The SMILES string of the molecule is O=C(c1cnccn1)N1CCN(C(=O)c2cc(Cl)ccc2I)CC1. The first kappa shape index (κ1) is 17.1. The summed E-state index contributed by atoms with van der Waals surface area (Å²) in [6.45, 7) is 1.90. The maximum Gasteiger partial charge on any atom is 0.274 e. The van der Waals surface area contributed by atoms with Crippen LogP contribution in [0.1, 0.15) is 20.8 Å². The zero-order valence-corrected chi connectivity index (χ0v) is 15.6. The molecule has 1 fully saturated rings. The normalized spacial score (nSPS) is 14.6. The molecule has 0 radical (unpaired) electrons. The van der Waals surface area contributed by atoms with E-state index in [0.29, 0.717) is 42.5 Å². The molecule has 1 saturated heterocycles. The summed E-state index contributed by atoms with van der Waals surface area (Å²) in [4.78, 5) is 36.4. The monoisotopic (exact) mass is 456 g/mol. The van der Waals surface area contributed by atoms with Gasteiger partial charge in [0.25, 0.3) is 11.8 Å². The molecule has 1 aliphatic heterocycles. The first-order valence-electron chi connectivity index (χ1n) is 7.36. The van der Waals surface area contributed by atoms with E-state index in [9.17, 15) is 9.59 Å². The zero-order valence-electron chi connectivity index (χ0n) is 12.7. The van der Waals surface area contributed by atoms with Gasteiger partial charge < -0.3 is 9.80 Å². The van der Waals surface area contributed by atoms with Crippen LogP contribution in [-0.2, 0) is 0 Å². The molecular formula is C16H14ClIN4O2. The van der Waals surface area contributed by atoms with Crippen LogP contribution < -0.4 is 0 Å². The van der Waals surface area contributed by atoms with E-state index < -0.39 is 0 Å². The van der Waals surface area contributed by atoms with E-state index in [1.165, 1.54) is 18.6 Å². The van der Waals surface area contributed by atoms with E-state index in [2.05, 4.69) is 32.6 Å². The van der Waals surface area contributed by atoms with E-state index in [4.69, 9.17) is 11.6 Å². The first-order valence-corrected chi connectivity index (χ1v) is 8.81. The van der Waals surface area contributed by atoms with Gasteiger partial charge in [0.05, 0.1) is 11.8 Å². The maximum atomic E-state index is 12.7. The van der Waals surface area contributed by atoms with Crippen LogP contribution in [0.4, 0.5) is 0 Å². The van der Waals surface area contributed by atoms with Crippen LogP contribution >= 0.6 is 34.2 Å². The van der Waals surface area contributed by atoms with Gasteiger partial charge in [-0.25, -0.2) is 4.98 Å². The van der Waals surface area contributed by atoms with Crippen molar-refractivity contribution in [1.82, 2.24) is 19.8 Å². The third-order valence-electron chi connectivity index (χ3n) is 3.80. The van der Waals surface area contributed by atoms with Crippen LogP contribution in [-0.4, -0.2) is 57.8 Å². The number of nitrogens with zero attached hydrogens (tertiary/aromatic N) is 4. The summed E-state index contributed by atoms with van der Waals surface area (Å²) in [5, 5.41) is 0.537. The van der Waals surface area contributed by atoms with Crippen molar-refractivity contribution in [3.63, 3.8) is 0 Å². The minimum atomic E-state index is -0.160. The van der Waals surface area contributed by atoms with Gasteiger partial charge in [-0.2, -0.15) is 0 Å². The van der Waals surface area contributed by atoms with Crippen LogP contribution in [0.5, 0.6) is 0 Å². The number of carbonyl (C=O) groups excluding carboxylic acids is 2. The highest BCUT2D eigenvalue weighted by Crippen LogP contribution is 2.20. The van der Waals surface area contributed by atoms with Gasteiger partial charge in [-0.05, 0) is 40.8 Å². The molecule has 24 heavy (non-hydrogen) atoms. The van der Waals surface area contributed by atoms with Crippen LogP contribution in [0.25, 0.3) is 0 Å². The fraction of sp³-hybridized carbons (Fsp3) is 0.250. The molecule has 124 valence electrons. The van der Waals surface area contributed by atoms with E-state index in [1.807, 2.05) is 6.07 Å². The largest absolute Gasteiger partial charge is 0.335 e. The van der Waals surface area contributed by atoms with Crippen molar-refractivity contribution in [3.8, 4) is 0 Å². The molecule has 0 spiro atoms. The Labute approximate surface area is 158 Å². The highest BCUT2D eigenvalue weighted by molar-refractivity contribution is 14.1. The maximum absolute atomic E-state index is 12.7. The summed E-state index contributed by atoms with van der Waals surface area (Å²) in [5.74, 6) is -0.221. The highest BCUT2D eigenvalue weighted by atomic mass is 127. The van der Waals surface area contributed by atoms with E-state index in [0.717, 1.165) is 3.57 Å². The van der Waals surface area contributed by atoms with Gasteiger partial charge >= 0.3 is 0 Å².